The SMILES string of the molecule is C=CCc1cc(C(=O)Nc2ccc(N(C)C)cc2C(F)(F)F)cc(OC)c1OC. The number of amides is 1. The number of hydrogen-bond acceptors (Lipinski definition) is 4. The van der Waals surface area contributed by atoms with Crippen LogP contribution in [0.15, 0.2) is 43.0 Å². The van der Waals surface area contributed by atoms with Gasteiger partial charge in [-0.05, 0) is 36.8 Å². The number of carbonyl (C=O) groups is 1. The van der Waals surface area contributed by atoms with Gasteiger partial charge in [0.2, 0.25) is 0 Å². The summed E-state index contributed by atoms with van der Waals surface area (Å²) in [4.78, 5) is 14.3. The standard InChI is InChI=1S/C21H23F3N2O3/c1-6-7-13-10-14(11-18(28-4)19(13)29-5)20(27)25-17-9-8-15(26(2)3)12-16(17)21(22,23)24/h6,8-12H,1,7H2,2-5H3,(H,25,27). The Kier molecular flexibility index (Phi) is 6.79. The molecule has 0 heterocycles. The van der Waals surface area contributed by atoms with Crippen LogP contribution in [0.25, 0.3) is 0 Å². The lowest BCUT2D eigenvalue weighted by Gasteiger charge is -2.19. The van der Waals surface area contributed by atoms with Gasteiger partial charge in [-0.1, -0.05) is 6.08 Å². The highest BCUT2D eigenvalue weighted by Crippen LogP contribution is 2.38. The van der Waals surface area contributed by atoms with Gasteiger partial charge in [0.1, 0.15) is 0 Å². The van der Waals surface area contributed by atoms with Crippen molar-refractivity contribution >= 4 is 17.3 Å². The minimum Gasteiger partial charge on any atom is -0.493 e. The quantitative estimate of drug-likeness (QED) is 0.671. The molecule has 0 fully saturated rings. The highest BCUT2D eigenvalue weighted by atomic mass is 19.4. The van der Waals surface area contributed by atoms with Crippen LogP contribution in [0.1, 0.15) is 21.5 Å². The van der Waals surface area contributed by atoms with Gasteiger partial charge in [-0.15, -0.1) is 6.58 Å². The van der Waals surface area contributed by atoms with Crippen molar-refractivity contribution in [3.63, 3.8) is 0 Å². The van der Waals surface area contributed by atoms with E-state index in [4.69, 9.17) is 9.47 Å². The predicted molar refractivity (Wildman–Crippen MR) is 107 cm³/mol. The molecule has 0 aliphatic carbocycles. The number of methoxy groups -OCH3 is 2. The average molecular weight is 408 g/mol. The van der Waals surface area contributed by atoms with Crippen LogP contribution in [0.4, 0.5) is 24.5 Å². The van der Waals surface area contributed by atoms with E-state index < -0.39 is 17.6 Å². The maximum atomic E-state index is 13.5. The van der Waals surface area contributed by atoms with E-state index in [1.165, 1.54) is 32.4 Å². The second kappa shape index (κ2) is 8.89. The van der Waals surface area contributed by atoms with Crippen molar-refractivity contribution in [3.8, 4) is 11.5 Å². The van der Waals surface area contributed by atoms with Gasteiger partial charge in [0.15, 0.2) is 11.5 Å². The molecule has 0 aliphatic heterocycles. The van der Waals surface area contributed by atoms with Crippen molar-refractivity contribution in [2.45, 2.75) is 12.6 Å². The Morgan fingerprint density at radius 3 is 2.38 bits per heavy atom. The van der Waals surface area contributed by atoms with Gasteiger partial charge < -0.3 is 19.7 Å². The molecule has 0 bridgehead atoms. The zero-order chi connectivity index (χ0) is 21.8. The number of rotatable bonds is 7. The van der Waals surface area contributed by atoms with Crippen LogP contribution in [0.2, 0.25) is 0 Å². The molecule has 0 aromatic heterocycles. The average Bonchev–Trinajstić information content (AvgIpc) is 2.66. The summed E-state index contributed by atoms with van der Waals surface area (Å²) in [7, 11) is 6.15. The molecule has 0 saturated carbocycles. The molecule has 2 rings (SSSR count). The van der Waals surface area contributed by atoms with E-state index in [9.17, 15) is 18.0 Å². The van der Waals surface area contributed by atoms with Gasteiger partial charge in [-0.2, -0.15) is 13.2 Å². The molecular formula is C21H23F3N2O3. The number of ether oxygens (including phenoxy) is 2. The van der Waals surface area contributed by atoms with E-state index in [0.717, 1.165) is 6.07 Å². The molecule has 2 aromatic carbocycles. The molecule has 1 N–H and O–H groups in total. The van der Waals surface area contributed by atoms with Crippen molar-refractivity contribution in [3.05, 3.63) is 59.7 Å². The molecular weight excluding hydrogens is 385 g/mol. The molecule has 156 valence electrons. The summed E-state index contributed by atoms with van der Waals surface area (Å²) in [6.07, 6.45) is -2.60. The molecule has 8 heteroatoms. The largest absolute Gasteiger partial charge is 0.493 e. The number of anilines is 2. The van der Waals surface area contributed by atoms with Crippen molar-refractivity contribution in [1.82, 2.24) is 0 Å². The Bertz CT molecular complexity index is 909. The number of halogens is 3. The Labute approximate surface area is 167 Å². The zero-order valence-electron chi connectivity index (χ0n) is 16.7. The first-order valence-corrected chi connectivity index (χ1v) is 8.68. The van der Waals surface area contributed by atoms with E-state index in [-0.39, 0.29) is 11.3 Å². The van der Waals surface area contributed by atoms with E-state index in [1.54, 1.807) is 31.1 Å². The minimum atomic E-state index is -4.62. The molecule has 0 aliphatic rings. The number of nitrogens with zero attached hydrogens (tertiary/aromatic N) is 1. The van der Waals surface area contributed by atoms with Crippen LogP contribution >= 0.6 is 0 Å². The molecule has 0 spiro atoms. The first-order valence-electron chi connectivity index (χ1n) is 8.68. The molecule has 1 amide bonds. The van der Waals surface area contributed by atoms with Gasteiger partial charge in [0, 0.05) is 30.9 Å². The van der Waals surface area contributed by atoms with Crippen molar-refractivity contribution in [2.75, 3.05) is 38.5 Å². The zero-order valence-corrected chi connectivity index (χ0v) is 16.7. The first-order chi connectivity index (χ1) is 13.6. The molecule has 0 unspecified atom stereocenters. The van der Waals surface area contributed by atoms with Crippen LogP contribution in [-0.4, -0.2) is 34.2 Å². The Balaban J connectivity index is 2.47. The van der Waals surface area contributed by atoms with E-state index in [2.05, 4.69) is 11.9 Å². The number of hydrogen-bond donors (Lipinski definition) is 1. The first kappa shape index (κ1) is 22.1. The number of benzene rings is 2. The number of alkyl halides is 3. The Morgan fingerprint density at radius 1 is 1.17 bits per heavy atom. The maximum Gasteiger partial charge on any atom is 0.418 e. The van der Waals surface area contributed by atoms with Crippen molar-refractivity contribution in [2.24, 2.45) is 0 Å². The van der Waals surface area contributed by atoms with Crippen molar-refractivity contribution < 1.29 is 27.4 Å². The molecule has 2 aromatic rings. The van der Waals surface area contributed by atoms with Crippen LogP contribution in [0.3, 0.4) is 0 Å². The lowest BCUT2D eigenvalue weighted by atomic mass is 10.0. The fourth-order valence-electron chi connectivity index (χ4n) is 2.83. The second-order valence-electron chi connectivity index (χ2n) is 6.44. The highest BCUT2D eigenvalue weighted by molar-refractivity contribution is 6.05. The lowest BCUT2D eigenvalue weighted by molar-refractivity contribution is -0.136. The van der Waals surface area contributed by atoms with Crippen LogP contribution in [-0.2, 0) is 12.6 Å². The topological polar surface area (TPSA) is 50.8 Å². The summed E-state index contributed by atoms with van der Waals surface area (Å²) in [5.41, 5.74) is -0.109. The third-order valence-corrected chi connectivity index (χ3v) is 4.26. The highest BCUT2D eigenvalue weighted by Gasteiger charge is 2.34. The molecule has 0 saturated heterocycles. The number of nitrogens with one attached hydrogen (secondary N) is 1. The van der Waals surface area contributed by atoms with Gasteiger partial charge in [-0.25, -0.2) is 0 Å². The second-order valence-corrected chi connectivity index (χ2v) is 6.44. The number of allylic oxidation sites excluding steroid dienone is 1. The molecule has 29 heavy (non-hydrogen) atoms. The fourth-order valence-corrected chi connectivity index (χ4v) is 2.83. The van der Waals surface area contributed by atoms with Gasteiger partial charge >= 0.3 is 6.18 Å². The third kappa shape index (κ3) is 5.01. The Morgan fingerprint density at radius 2 is 1.86 bits per heavy atom. The minimum absolute atomic E-state index is 0.143. The van der Waals surface area contributed by atoms with Gasteiger partial charge in [0.25, 0.3) is 5.91 Å². The number of carbonyl (C=O) groups excluding carboxylic acids is 1. The monoisotopic (exact) mass is 408 g/mol. The maximum absolute atomic E-state index is 13.5. The summed E-state index contributed by atoms with van der Waals surface area (Å²) < 4.78 is 51.1. The summed E-state index contributed by atoms with van der Waals surface area (Å²) in [6, 6.07) is 6.69. The summed E-state index contributed by atoms with van der Waals surface area (Å²) in [6.45, 7) is 3.66. The third-order valence-electron chi connectivity index (χ3n) is 4.26. The summed E-state index contributed by atoms with van der Waals surface area (Å²) in [5.74, 6) is 0.0469. The smallest absolute Gasteiger partial charge is 0.418 e. The molecule has 0 radical (unpaired) electrons. The van der Waals surface area contributed by atoms with Crippen LogP contribution in [0.5, 0.6) is 11.5 Å². The van der Waals surface area contributed by atoms with Gasteiger partial charge in [0.05, 0.1) is 25.5 Å². The molecule has 5 nitrogen and oxygen atoms in total. The van der Waals surface area contributed by atoms with Crippen molar-refractivity contribution in [1.29, 1.82) is 0 Å². The van der Waals surface area contributed by atoms with E-state index in [1.807, 2.05) is 0 Å². The molecule has 0 atom stereocenters. The summed E-state index contributed by atoms with van der Waals surface area (Å²) in [5, 5.41) is 2.36. The Hall–Kier alpha value is -3.16. The van der Waals surface area contributed by atoms with Crippen LogP contribution < -0.4 is 19.7 Å². The van der Waals surface area contributed by atoms with Gasteiger partial charge in [-0.3, -0.25) is 4.79 Å². The fraction of sp³-hybridized carbons (Fsp3) is 0.286. The van der Waals surface area contributed by atoms with E-state index in [0.29, 0.717) is 29.2 Å². The van der Waals surface area contributed by atoms with E-state index >= 15 is 0 Å². The predicted octanol–water partition coefficient (Wildman–Crippen LogP) is 4.77. The normalized spacial score (nSPS) is 11.0. The summed E-state index contributed by atoms with van der Waals surface area (Å²) >= 11 is 0. The van der Waals surface area contributed by atoms with Crippen LogP contribution in [0, 0.1) is 0 Å². The lowest BCUT2D eigenvalue weighted by Crippen LogP contribution is -2.18.